The van der Waals surface area contributed by atoms with Crippen LogP contribution in [-0.2, 0) is 9.59 Å². The summed E-state index contributed by atoms with van der Waals surface area (Å²) in [6.07, 6.45) is 0. The van der Waals surface area contributed by atoms with E-state index in [2.05, 4.69) is 5.32 Å². The molecule has 5 heteroatoms. The van der Waals surface area contributed by atoms with Gasteiger partial charge >= 0.3 is 0 Å². The first-order valence-corrected chi connectivity index (χ1v) is 9.66. The zero-order valence-corrected chi connectivity index (χ0v) is 17.1. The highest BCUT2D eigenvalue weighted by Gasteiger charge is 2.41. The van der Waals surface area contributed by atoms with Crippen LogP contribution in [-0.4, -0.2) is 18.9 Å². The number of anilines is 2. The second-order valence-corrected chi connectivity index (χ2v) is 7.23. The van der Waals surface area contributed by atoms with E-state index >= 15 is 0 Å². The van der Waals surface area contributed by atoms with Crippen LogP contribution in [0.4, 0.5) is 11.4 Å². The zero-order chi connectivity index (χ0) is 21.3. The van der Waals surface area contributed by atoms with Gasteiger partial charge < -0.3 is 10.1 Å². The number of rotatable bonds is 5. The van der Waals surface area contributed by atoms with Gasteiger partial charge in [-0.25, -0.2) is 4.90 Å². The Labute approximate surface area is 175 Å². The lowest BCUT2D eigenvalue weighted by Crippen LogP contribution is -2.32. The maximum absolute atomic E-state index is 13.5. The molecule has 0 fully saturated rings. The average molecular weight is 398 g/mol. The molecule has 1 aliphatic heterocycles. The number of hydrogen-bond donors (Lipinski definition) is 1. The van der Waals surface area contributed by atoms with Crippen molar-refractivity contribution >= 4 is 28.8 Å². The quantitative estimate of drug-likeness (QED) is 0.633. The molecule has 2 amide bonds. The lowest BCUT2D eigenvalue weighted by atomic mass is 10.0. The smallest absolute Gasteiger partial charge is 0.282 e. The fourth-order valence-electron chi connectivity index (χ4n) is 3.49. The summed E-state index contributed by atoms with van der Waals surface area (Å²) in [6, 6.07) is 22.4. The summed E-state index contributed by atoms with van der Waals surface area (Å²) < 4.78 is 5.43. The normalized spacial score (nSPS) is 13.8. The van der Waals surface area contributed by atoms with Crippen molar-refractivity contribution in [3.63, 3.8) is 0 Å². The van der Waals surface area contributed by atoms with E-state index in [0.717, 1.165) is 16.8 Å². The molecule has 30 heavy (non-hydrogen) atoms. The number of imide groups is 1. The van der Waals surface area contributed by atoms with E-state index in [9.17, 15) is 9.59 Å². The van der Waals surface area contributed by atoms with Gasteiger partial charge in [-0.1, -0.05) is 54.1 Å². The first-order chi connectivity index (χ1) is 14.5. The number of hydrogen-bond acceptors (Lipinski definition) is 4. The maximum atomic E-state index is 13.5. The fourth-order valence-corrected chi connectivity index (χ4v) is 3.49. The summed E-state index contributed by atoms with van der Waals surface area (Å²) in [5, 5.41) is 3.16. The standard InChI is InChI=1S/C25H22N2O3/c1-16-9-12-18(13-10-16)22-23(26-19-7-5-4-6-8-19)25(29)27(24(22)28)20-15-17(2)11-14-21(20)30-3/h4-15,26H,1-3H3. The summed E-state index contributed by atoms with van der Waals surface area (Å²) >= 11 is 0. The minimum atomic E-state index is -0.414. The number of carbonyl (C=O) groups excluding carboxylic acids is 2. The molecule has 3 aromatic rings. The number of amides is 2. The molecule has 0 unspecified atom stereocenters. The van der Waals surface area contributed by atoms with Crippen LogP contribution in [0.25, 0.3) is 5.57 Å². The van der Waals surface area contributed by atoms with Crippen molar-refractivity contribution in [2.24, 2.45) is 0 Å². The van der Waals surface area contributed by atoms with Gasteiger partial charge in [0.05, 0.1) is 18.4 Å². The lowest BCUT2D eigenvalue weighted by Gasteiger charge is -2.19. The Morgan fingerprint density at radius 2 is 1.47 bits per heavy atom. The van der Waals surface area contributed by atoms with Crippen LogP contribution in [0.15, 0.2) is 78.5 Å². The number of carbonyl (C=O) groups is 2. The second-order valence-electron chi connectivity index (χ2n) is 7.23. The first-order valence-electron chi connectivity index (χ1n) is 9.66. The number of ether oxygens (including phenoxy) is 1. The summed E-state index contributed by atoms with van der Waals surface area (Å²) in [5.41, 5.74) is 4.44. The summed E-state index contributed by atoms with van der Waals surface area (Å²) in [5.74, 6) is -0.332. The number of nitrogens with zero attached hydrogens (tertiary/aromatic N) is 1. The van der Waals surface area contributed by atoms with E-state index in [4.69, 9.17) is 4.74 Å². The molecule has 150 valence electrons. The number of aryl methyl sites for hydroxylation is 2. The third-order valence-corrected chi connectivity index (χ3v) is 5.04. The Morgan fingerprint density at radius 1 is 0.800 bits per heavy atom. The Bertz CT molecular complexity index is 1150. The Kier molecular flexibility index (Phi) is 5.11. The molecule has 1 aliphatic rings. The highest BCUT2D eigenvalue weighted by Crippen LogP contribution is 2.38. The lowest BCUT2D eigenvalue weighted by molar-refractivity contribution is -0.120. The van der Waals surface area contributed by atoms with E-state index in [1.54, 1.807) is 12.1 Å². The molecule has 0 saturated carbocycles. The van der Waals surface area contributed by atoms with Gasteiger partial charge in [0.1, 0.15) is 11.4 Å². The van der Waals surface area contributed by atoms with Gasteiger partial charge in [0.15, 0.2) is 0 Å². The van der Waals surface area contributed by atoms with Crippen molar-refractivity contribution in [1.29, 1.82) is 0 Å². The number of nitrogens with one attached hydrogen (secondary N) is 1. The highest BCUT2D eigenvalue weighted by atomic mass is 16.5. The molecule has 0 aromatic heterocycles. The minimum Gasteiger partial charge on any atom is -0.495 e. The molecule has 3 aromatic carbocycles. The number of benzene rings is 3. The first kappa shape index (κ1) is 19.5. The monoisotopic (exact) mass is 398 g/mol. The largest absolute Gasteiger partial charge is 0.495 e. The zero-order valence-electron chi connectivity index (χ0n) is 17.1. The third kappa shape index (κ3) is 3.46. The van der Waals surface area contributed by atoms with Gasteiger partial charge in [0, 0.05) is 5.69 Å². The molecule has 0 aliphatic carbocycles. The van der Waals surface area contributed by atoms with Gasteiger partial charge in [-0.15, -0.1) is 0 Å². The molecule has 0 radical (unpaired) electrons. The van der Waals surface area contributed by atoms with Crippen LogP contribution in [0.3, 0.4) is 0 Å². The number of para-hydroxylation sites is 1. The molecule has 4 rings (SSSR count). The van der Waals surface area contributed by atoms with Gasteiger partial charge in [0.25, 0.3) is 11.8 Å². The minimum absolute atomic E-state index is 0.249. The van der Waals surface area contributed by atoms with Crippen molar-refractivity contribution in [2.45, 2.75) is 13.8 Å². The Balaban J connectivity index is 1.86. The summed E-state index contributed by atoms with van der Waals surface area (Å²) in [4.78, 5) is 28.2. The van der Waals surface area contributed by atoms with Crippen LogP contribution in [0.1, 0.15) is 16.7 Å². The molecule has 0 bridgehead atoms. The van der Waals surface area contributed by atoms with Crippen LogP contribution in [0.2, 0.25) is 0 Å². The van der Waals surface area contributed by atoms with E-state index < -0.39 is 5.91 Å². The molecule has 0 atom stereocenters. The highest BCUT2D eigenvalue weighted by molar-refractivity contribution is 6.46. The molecular formula is C25H22N2O3. The van der Waals surface area contributed by atoms with Crippen molar-refractivity contribution in [3.05, 3.63) is 95.2 Å². The van der Waals surface area contributed by atoms with E-state index in [1.807, 2.05) is 74.5 Å². The average Bonchev–Trinajstić information content (AvgIpc) is 2.99. The predicted octanol–water partition coefficient (Wildman–Crippen LogP) is 4.71. The second kappa shape index (κ2) is 7.87. The van der Waals surface area contributed by atoms with E-state index in [-0.39, 0.29) is 11.6 Å². The molecular weight excluding hydrogens is 376 g/mol. The Hall–Kier alpha value is -3.86. The molecule has 5 nitrogen and oxygen atoms in total. The maximum Gasteiger partial charge on any atom is 0.282 e. The van der Waals surface area contributed by atoms with E-state index in [1.165, 1.54) is 12.0 Å². The van der Waals surface area contributed by atoms with Crippen molar-refractivity contribution in [2.75, 3.05) is 17.3 Å². The number of methoxy groups -OCH3 is 1. The molecule has 0 spiro atoms. The summed E-state index contributed by atoms with van der Waals surface area (Å²) in [6.45, 7) is 3.89. The predicted molar refractivity (Wildman–Crippen MR) is 118 cm³/mol. The van der Waals surface area contributed by atoms with Gasteiger partial charge in [0.2, 0.25) is 0 Å². The molecule has 1 heterocycles. The third-order valence-electron chi connectivity index (χ3n) is 5.04. The fraction of sp³-hybridized carbons (Fsp3) is 0.120. The van der Waals surface area contributed by atoms with Gasteiger partial charge in [-0.05, 0) is 49.2 Å². The Morgan fingerprint density at radius 3 is 2.13 bits per heavy atom. The summed E-state index contributed by atoms with van der Waals surface area (Å²) in [7, 11) is 1.52. The van der Waals surface area contributed by atoms with Crippen molar-refractivity contribution in [1.82, 2.24) is 0 Å². The van der Waals surface area contributed by atoms with Gasteiger partial charge in [-0.2, -0.15) is 0 Å². The van der Waals surface area contributed by atoms with Crippen LogP contribution < -0.4 is 15.0 Å². The van der Waals surface area contributed by atoms with Crippen molar-refractivity contribution in [3.8, 4) is 5.75 Å². The van der Waals surface area contributed by atoms with Crippen LogP contribution in [0, 0.1) is 13.8 Å². The van der Waals surface area contributed by atoms with Gasteiger partial charge in [-0.3, -0.25) is 9.59 Å². The van der Waals surface area contributed by atoms with Crippen LogP contribution >= 0.6 is 0 Å². The SMILES string of the molecule is COc1ccc(C)cc1N1C(=O)C(Nc2ccccc2)=C(c2ccc(C)cc2)C1=O. The molecule has 1 N–H and O–H groups in total. The topological polar surface area (TPSA) is 58.6 Å². The molecule has 0 saturated heterocycles. The van der Waals surface area contributed by atoms with Crippen molar-refractivity contribution < 1.29 is 14.3 Å². The van der Waals surface area contributed by atoms with E-state index in [0.29, 0.717) is 22.6 Å². The van der Waals surface area contributed by atoms with Crippen LogP contribution in [0.5, 0.6) is 5.75 Å².